The number of hydrogen-bond acceptors (Lipinski definition) is 3. The van der Waals surface area contributed by atoms with Crippen LogP contribution in [0.4, 0.5) is 0 Å². The minimum Gasteiger partial charge on any atom is -0.237 e. The second-order valence-electron chi connectivity index (χ2n) is 3.53. The van der Waals surface area contributed by atoms with Crippen LogP contribution in [0.2, 0.25) is 0 Å². The second kappa shape index (κ2) is 5.37. The van der Waals surface area contributed by atoms with Gasteiger partial charge in [-0.25, -0.2) is 10.0 Å². The highest BCUT2D eigenvalue weighted by Crippen LogP contribution is 2.13. The fourth-order valence-electron chi connectivity index (χ4n) is 1.08. The predicted molar refractivity (Wildman–Crippen MR) is 61.2 cm³/mol. The summed E-state index contributed by atoms with van der Waals surface area (Å²) in [5, 5.41) is 5.96. The molecule has 0 fully saturated rings. The number of rotatable bonds is 3. The standard InChI is InChI=1S/C11H17N3/c1-4-13-14-9-5-8-12-11(14)7-6-10(2)3/h4-5,7-10H,6H2,1-3H3/b11-7-,13-4-. The fraction of sp³-hybridized carbons (Fsp3) is 0.455. The first kappa shape index (κ1) is 10.7. The van der Waals surface area contributed by atoms with Crippen LogP contribution in [0.15, 0.2) is 34.3 Å². The van der Waals surface area contributed by atoms with E-state index in [2.05, 4.69) is 30.0 Å². The van der Waals surface area contributed by atoms with Crippen LogP contribution in [0, 0.1) is 5.92 Å². The third-order valence-electron chi connectivity index (χ3n) is 1.77. The lowest BCUT2D eigenvalue weighted by Gasteiger charge is -2.16. The highest BCUT2D eigenvalue weighted by Gasteiger charge is 2.05. The summed E-state index contributed by atoms with van der Waals surface area (Å²) in [5.41, 5.74) is 0. The van der Waals surface area contributed by atoms with Crippen molar-refractivity contribution in [3.63, 3.8) is 0 Å². The molecule has 76 valence electrons. The Morgan fingerprint density at radius 2 is 2.36 bits per heavy atom. The van der Waals surface area contributed by atoms with Crippen molar-refractivity contribution < 1.29 is 0 Å². The first-order valence-electron chi connectivity index (χ1n) is 4.93. The Labute approximate surface area is 85.5 Å². The van der Waals surface area contributed by atoms with Crippen LogP contribution in [0.5, 0.6) is 0 Å². The van der Waals surface area contributed by atoms with Crippen molar-refractivity contribution in [3.8, 4) is 0 Å². The van der Waals surface area contributed by atoms with Crippen molar-refractivity contribution in [2.75, 3.05) is 0 Å². The Balaban J connectivity index is 2.69. The highest BCUT2D eigenvalue weighted by atomic mass is 15.5. The van der Waals surface area contributed by atoms with E-state index in [-0.39, 0.29) is 0 Å². The van der Waals surface area contributed by atoms with Crippen LogP contribution in [-0.4, -0.2) is 17.4 Å². The number of hydrazone groups is 1. The Hall–Kier alpha value is -1.38. The molecule has 0 unspecified atom stereocenters. The maximum atomic E-state index is 4.26. The molecule has 3 nitrogen and oxygen atoms in total. The molecule has 1 heterocycles. The van der Waals surface area contributed by atoms with Crippen molar-refractivity contribution in [1.29, 1.82) is 0 Å². The van der Waals surface area contributed by atoms with E-state index in [0.717, 1.165) is 12.2 Å². The molecule has 0 spiro atoms. The van der Waals surface area contributed by atoms with E-state index >= 15 is 0 Å². The molecule has 0 bridgehead atoms. The van der Waals surface area contributed by atoms with Crippen LogP contribution in [0.25, 0.3) is 0 Å². The van der Waals surface area contributed by atoms with Gasteiger partial charge in [0, 0.05) is 18.6 Å². The Bertz CT molecular complexity index is 285. The molecule has 1 rings (SSSR count). The van der Waals surface area contributed by atoms with Crippen molar-refractivity contribution in [3.05, 3.63) is 24.2 Å². The molecule has 3 heteroatoms. The van der Waals surface area contributed by atoms with Crippen LogP contribution in [-0.2, 0) is 0 Å². The number of allylic oxidation sites excluding steroid dienone is 2. The van der Waals surface area contributed by atoms with Crippen LogP contribution in [0.3, 0.4) is 0 Å². The van der Waals surface area contributed by atoms with Crippen molar-refractivity contribution in [2.24, 2.45) is 16.0 Å². The zero-order chi connectivity index (χ0) is 10.4. The van der Waals surface area contributed by atoms with Gasteiger partial charge in [-0.3, -0.25) is 0 Å². The van der Waals surface area contributed by atoms with Crippen molar-refractivity contribution >= 4 is 12.4 Å². The molecule has 0 aromatic carbocycles. The summed E-state index contributed by atoms with van der Waals surface area (Å²) in [6.45, 7) is 6.27. The molecule has 0 aromatic heterocycles. The number of nitrogens with zero attached hydrogens (tertiary/aromatic N) is 3. The first-order valence-corrected chi connectivity index (χ1v) is 4.93. The van der Waals surface area contributed by atoms with Gasteiger partial charge in [0.2, 0.25) is 0 Å². The van der Waals surface area contributed by atoms with E-state index < -0.39 is 0 Å². The zero-order valence-corrected chi connectivity index (χ0v) is 9.01. The van der Waals surface area contributed by atoms with Gasteiger partial charge in [-0.2, -0.15) is 5.10 Å². The quantitative estimate of drug-likeness (QED) is 0.630. The average molecular weight is 191 g/mol. The van der Waals surface area contributed by atoms with Gasteiger partial charge in [0.15, 0.2) is 0 Å². The Morgan fingerprint density at radius 3 is 3.00 bits per heavy atom. The van der Waals surface area contributed by atoms with E-state index in [1.165, 1.54) is 0 Å². The lowest BCUT2D eigenvalue weighted by Crippen LogP contribution is -2.11. The average Bonchev–Trinajstić information content (AvgIpc) is 2.17. The molecule has 0 N–H and O–H groups in total. The summed E-state index contributed by atoms with van der Waals surface area (Å²) in [6, 6.07) is 0. The Kier molecular flexibility index (Phi) is 4.11. The molecule has 0 saturated carbocycles. The number of aliphatic imine (C=N–C) groups is 1. The van der Waals surface area contributed by atoms with Gasteiger partial charge < -0.3 is 0 Å². The molecular weight excluding hydrogens is 174 g/mol. The largest absolute Gasteiger partial charge is 0.237 e. The smallest absolute Gasteiger partial charge is 0.149 e. The van der Waals surface area contributed by atoms with E-state index in [4.69, 9.17) is 0 Å². The predicted octanol–water partition coefficient (Wildman–Crippen LogP) is 2.78. The molecule has 0 radical (unpaired) electrons. The molecule has 0 aromatic rings. The maximum absolute atomic E-state index is 4.26. The van der Waals surface area contributed by atoms with Crippen LogP contribution in [0.1, 0.15) is 27.2 Å². The third-order valence-corrected chi connectivity index (χ3v) is 1.77. The molecule has 0 saturated heterocycles. The van der Waals surface area contributed by atoms with Gasteiger partial charge in [-0.15, -0.1) is 0 Å². The third kappa shape index (κ3) is 3.17. The van der Waals surface area contributed by atoms with E-state index in [1.807, 2.05) is 19.2 Å². The van der Waals surface area contributed by atoms with Gasteiger partial charge in [-0.05, 0) is 31.4 Å². The molecule has 1 aliphatic rings. The molecule has 0 aliphatic carbocycles. The van der Waals surface area contributed by atoms with E-state index in [1.54, 1.807) is 17.4 Å². The maximum Gasteiger partial charge on any atom is 0.149 e. The Morgan fingerprint density at radius 1 is 1.57 bits per heavy atom. The minimum atomic E-state index is 0.649. The molecular formula is C11H17N3. The van der Waals surface area contributed by atoms with Gasteiger partial charge in [0.1, 0.15) is 5.82 Å². The lowest BCUT2D eigenvalue weighted by molar-refractivity contribution is 0.485. The topological polar surface area (TPSA) is 28.0 Å². The SMILES string of the molecule is C/C=N\N1C=CC=N/C1=C/CC(C)C. The molecule has 0 atom stereocenters. The molecule has 0 amide bonds. The summed E-state index contributed by atoms with van der Waals surface area (Å²) < 4.78 is 0. The number of hydrogen-bond donors (Lipinski definition) is 0. The normalized spacial score (nSPS) is 19.1. The molecule has 14 heavy (non-hydrogen) atoms. The highest BCUT2D eigenvalue weighted by molar-refractivity contribution is 5.73. The van der Waals surface area contributed by atoms with Gasteiger partial charge in [-0.1, -0.05) is 13.8 Å². The van der Waals surface area contributed by atoms with E-state index in [0.29, 0.717) is 5.92 Å². The zero-order valence-electron chi connectivity index (χ0n) is 9.01. The monoisotopic (exact) mass is 191 g/mol. The fourth-order valence-corrected chi connectivity index (χ4v) is 1.08. The van der Waals surface area contributed by atoms with E-state index in [9.17, 15) is 0 Å². The minimum absolute atomic E-state index is 0.649. The summed E-state index contributed by atoms with van der Waals surface area (Å²) in [4.78, 5) is 4.26. The van der Waals surface area contributed by atoms with Crippen LogP contribution < -0.4 is 0 Å². The van der Waals surface area contributed by atoms with Gasteiger partial charge in [0.25, 0.3) is 0 Å². The summed E-state index contributed by atoms with van der Waals surface area (Å²) in [5.74, 6) is 1.55. The second-order valence-corrected chi connectivity index (χ2v) is 3.53. The lowest BCUT2D eigenvalue weighted by atomic mass is 10.1. The van der Waals surface area contributed by atoms with Crippen molar-refractivity contribution in [1.82, 2.24) is 5.01 Å². The van der Waals surface area contributed by atoms with Gasteiger partial charge in [0.05, 0.1) is 0 Å². The van der Waals surface area contributed by atoms with Gasteiger partial charge >= 0.3 is 0 Å². The first-order chi connectivity index (χ1) is 6.74. The summed E-state index contributed by atoms with van der Waals surface area (Å²) in [7, 11) is 0. The van der Waals surface area contributed by atoms with Crippen LogP contribution >= 0.6 is 0 Å². The summed E-state index contributed by atoms with van der Waals surface area (Å²) in [6.07, 6.45) is 10.5. The summed E-state index contributed by atoms with van der Waals surface area (Å²) >= 11 is 0. The van der Waals surface area contributed by atoms with Crippen molar-refractivity contribution in [2.45, 2.75) is 27.2 Å². The molecule has 1 aliphatic heterocycles.